The molecule has 0 spiro atoms. The molecule has 34 heavy (non-hydrogen) atoms. The first-order valence-corrected chi connectivity index (χ1v) is 12.1. The van der Waals surface area contributed by atoms with Gasteiger partial charge in [-0.2, -0.15) is 0 Å². The molecule has 1 atom stereocenters. The summed E-state index contributed by atoms with van der Waals surface area (Å²) < 4.78 is 5.34. The van der Waals surface area contributed by atoms with Crippen LogP contribution in [0.1, 0.15) is 45.7 Å². The highest BCUT2D eigenvalue weighted by molar-refractivity contribution is 6.38. The quantitative estimate of drug-likeness (QED) is 0.488. The molecule has 5 rings (SSSR count). The van der Waals surface area contributed by atoms with E-state index in [1.807, 2.05) is 13.0 Å². The van der Waals surface area contributed by atoms with E-state index < -0.39 is 6.10 Å². The van der Waals surface area contributed by atoms with Crippen LogP contribution in [0.4, 0.5) is 5.69 Å². The third kappa shape index (κ3) is 4.38. The lowest BCUT2D eigenvalue weighted by Gasteiger charge is -2.28. The van der Waals surface area contributed by atoms with Crippen molar-refractivity contribution < 1.29 is 19.4 Å². The Morgan fingerprint density at radius 3 is 2.88 bits per heavy atom. The van der Waals surface area contributed by atoms with Gasteiger partial charge in [0.1, 0.15) is 0 Å². The first kappa shape index (κ1) is 23.1. The summed E-state index contributed by atoms with van der Waals surface area (Å²) in [6.45, 7) is 5.47. The topological polar surface area (TPSA) is 107 Å². The number of carbonyl (C=O) groups excluding carboxylic acids is 2. The number of nitrogens with zero attached hydrogens (tertiary/aromatic N) is 1. The van der Waals surface area contributed by atoms with Crippen molar-refractivity contribution in [1.29, 1.82) is 0 Å². The molecule has 1 fully saturated rings. The van der Waals surface area contributed by atoms with Crippen LogP contribution >= 0.6 is 11.6 Å². The molecule has 3 heterocycles. The number of morpholine rings is 1. The van der Waals surface area contributed by atoms with Crippen molar-refractivity contribution in [1.82, 2.24) is 15.2 Å². The smallest absolute Gasteiger partial charge is 0.256 e. The second-order valence-corrected chi connectivity index (χ2v) is 9.54. The lowest BCUT2D eigenvalue weighted by molar-refractivity contribution is -0.110. The van der Waals surface area contributed by atoms with E-state index in [1.54, 1.807) is 12.1 Å². The zero-order chi connectivity index (χ0) is 23.8. The molecule has 2 aliphatic heterocycles. The maximum absolute atomic E-state index is 13.1. The second-order valence-electron chi connectivity index (χ2n) is 9.11. The highest BCUT2D eigenvalue weighted by atomic mass is 35.5. The molecule has 9 heteroatoms. The number of H-pyrrole nitrogens is 1. The van der Waals surface area contributed by atoms with Gasteiger partial charge in [0.15, 0.2) is 0 Å². The molecular formula is C25H29ClN4O4. The molecule has 1 saturated heterocycles. The van der Waals surface area contributed by atoms with E-state index in [2.05, 4.69) is 20.5 Å². The first-order chi connectivity index (χ1) is 16.4. The van der Waals surface area contributed by atoms with Gasteiger partial charge in [0.25, 0.3) is 11.8 Å². The monoisotopic (exact) mass is 484 g/mol. The first-order valence-electron chi connectivity index (χ1n) is 11.7. The number of nitrogens with one attached hydrogen (secondary N) is 3. The van der Waals surface area contributed by atoms with Crippen LogP contribution in [0.15, 0.2) is 18.2 Å². The average Bonchev–Trinajstić information content (AvgIpc) is 3.32. The summed E-state index contributed by atoms with van der Waals surface area (Å²) in [5.74, 6) is -0.352. The minimum atomic E-state index is -0.652. The van der Waals surface area contributed by atoms with E-state index in [1.165, 1.54) is 0 Å². The number of aliphatic hydroxyl groups is 1. The summed E-state index contributed by atoms with van der Waals surface area (Å²) in [5, 5.41) is 16.8. The molecule has 0 bridgehead atoms. The number of hydrogen-bond donors (Lipinski definition) is 4. The van der Waals surface area contributed by atoms with Gasteiger partial charge in [0.2, 0.25) is 0 Å². The number of ether oxygens (including phenoxy) is 1. The third-order valence-electron chi connectivity index (χ3n) is 6.77. The van der Waals surface area contributed by atoms with Crippen LogP contribution in [0, 0.1) is 6.92 Å². The van der Waals surface area contributed by atoms with E-state index in [9.17, 15) is 14.7 Å². The number of β-amino-alcohol motifs (C(OH)–C–C–N with tert-alkyl or cyclic N) is 1. The number of fused-ring (bicyclic) bond motifs is 2. The number of aliphatic hydroxyl groups excluding tert-OH is 1. The van der Waals surface area contributed by atoms with Crippen LogP contribution in [0.5, 0.6) is 0 Å². The summed E-state index contributed by atoms with van der Waals surface area (Å²) in [7, 11) is 0. The zero-order valence-electron chi connectivity index (χ0n) is 19.2. The van der Waals surface area contributed by atoms with Gasteiger partial charge in [-0.05, 0) is 49.5 Å². The summed E-state index contributed by atoms with van der Waals surface area (Å²) in [6.07, 6.45) is 1.70. The molecule has 4 N–H and O–H groups in total. The molecule has 1 aromatic heterocycles. The number of allylic oxidation sites excluding steroid dienone is 1. The molecule has 8 nitrogen and oxygen atoms in total. The maximum Gasteiger partial charge on any atom is 0.256 e. The number of halogens is 1. The van der Waals surface area contributed by atoms with Crippen LogP contribution in [0.2, 0.25) is 5.02 Å². The van der Waals surface area contributed by atoms with E-state index in [-0.39, 0.29) is 18.4 Å². The Labute approximate surface area is 203 Å². The summed E-state index contributed by atoms with van der Waals surface area (Å²) in [5.41, 5.74) is 6.28. The van der Waals surface area contributed by atoms with Crippen molar-refractivity contribution in [2.45, 2.75) is 32.3 Å². The predicted octanol–water partition coefficient (Wildman–Crippen LogP) is 2.60. The standard InChI is InChI=1S/C25H29ClN4O4/c1-14-21(24(32)27-12-16(31)13-30-7-9-34-10-8-30)18-3-2-4-19(23(18)28-14)22-17-6-5-15(26)11-20(17)29-25(22)33/h5-6,11,16,28,31H,2-4,7-10,12-13H2,1H3,(H,27,32)(H,29,33). The maximum atomic E-state index is 13.1. The Hall–Kier alpha value is -2.65. The molecule has 1 aromatic carbocycles. The number of anilines is 1. The Bertz CT molecular complexity index is 1170. The molecular weight excluding hydrogens is 456 g/mol. The molecule has 3 aliphatic rings. The summed E-state index contributed by atoms with van der Waals surface area (Å²) in [6, 6.07) is 5.41. The van der Waals surface area contributed by atoms with Gasteiger partial charge in [0, 0.05) is 48.2 Å². The summed E-state index contributed by atoms with van der Waals surface area (Å²) in [4.78, 5) is 31.5. The number of rotatable bonds is 5. The Kier molecular flexibility index (Phi) is 6.48. The highest BCUT2D eigenvalue weighted by Gasteiger charge is 2.33. The SMILES string of the molecule is Cc1[nH]c2c(c1C(=O)NCC(O)CN1CCOCC1)CCCC2=C1C(=O)Nc2cc(Cl)ccc21. The van der Waals surface area contributed by atoms with Crippen LogP contribution in [-0.4, -0.2) is 72.3 Å². The normalized spacial score (nSPS) is 21.1. The number of carbonyl (C=O) groups is 2. The fraction of sp³-hybridized carbons (Fsp3) is 0.440. The Morgan fingerprint density at radius 1 is 1.29 bits per heavy atom. The van der Waals surface area contributed by atoms with Gasteiger partial charge in [-0.3, -0.25) is 14.5 Å². The van der Waals surface area contributed by atoms with Gasteiger partial charge in [-0.15, -0.1) is 0 Å². The van der Waals surface area contributed by atoms with Crippen LogP contribution in [0.3, 0.4) is 0 Å². The lowest BCUT2D eigenvalue weighted by Crippen LogP contribution is -2.44. The van der Waals surface area contributed by atoms with Crippen molar-refractivity contribution in [2.24, 2.45) is 0 Å². The third-order valence-corrected chi connectivity index (χ3v) is 7.01. The fourth-order valence-corrected chi connectivity index (χ4v) is 5.37. The molecule has 2 amide bonds. The molecule has 1 unspecified atom stereocenters. The number of aromatic nitrogens is 1. The van der Waals surface area contributed by atoms with Crippen LogP contribution in [0.25, 0.3) is 11.1 Å². The minimum absolute atomic E-state index is 0.149. The molecule has 0 radical (unpaired) electrons. The number of benzene rings is 1. The number of hydrogen-bond acceptors (Lipinski definition) is 5. The van der Waals surface area contributed by atoms with Gasteiger partial charge in [0.05, 0.1) is 36.1 Å². The highest BCUT2D eigenvalue weighted by Crippen LogP contribution is 2.43. The zero-order valence-corrected chi connectivity index (χ0v) is 19.9. The van der Waals surface area contributed by atoms with Gasteiger partial charge < -0.3 is 25.5 Å². The minimum Gasteiger partial charge on any atom is -0.390 e. The molecule has 1 aliphatic carbocycles. The summed E-state index contributed by atoms with van der Waals surface area (Å²) >= 11 is 6.11. The van der Waals surface area contributed by atoms with Crippen molar-refractivity contribution >= 4 is 40.2 Å². The van der Waals surface area contributed by atoms with Crippen LogP contribution in [-0.2, 0) is 16.0 Å². The van der Waals surface area contributed by atoms with Gasteiger partial charge in [-0.25, -0.2) is 0 Å². The van der Waals surface area contributed by atoms with Crippen molar-refractivity contribution in [2.75, 3.05) is 44.7 Å². The Balaban J connectivity index is 1.38. The van der Waals surface area contributed by atoms with Gasteiger partial charge in [-0.1, -0.05) is 17.7 Å². The van der Waals surface area contributed by atoms with Crippen molar-refractivity contribution in [3.63, 3.8) is 0 Å². The fourth-order valence-electron chi connectivity index (χ4n) is 5.20. The second kappa shape index (κ2) is 9.54. The van der Waals surface area contributed by atoms with Crippen molar-refractivity contribution in [3.05, 3.63) is 51.3 Å². The molecule has 180 valence electrons. The van der Waals surface area contributed by atoms with E-state index in [0.29, 0.717) is 41.6 Å². The van der Waals surface area contributed by atoms with Crippen molar-refractivity contribution in [3.8, 4) is 0 Å². The van der Waals surface area contributed by atoms with Crippen LogP contribution < -0.4 is 10.6 Å². The van der Waals surface area contributed by atoms with E-state index in [0.717, 1.165) is 60.4 Å². The molecule has 0 saturated carbocycles. The average molecular weight is 485 g/mol. The lowest BCUT2D eigenvalue weighted by atomic mass is 9.86. The Morgan fingerprint density at radius 2 is 2.09 bits per heavy atom. The number of aromatic amines is 1. The largest absolute Gasteiger partial charge is 0.390 e. The number of aryl methyl sites for hydroxylation is 1. The molecule has 2 aromatic rings. The van der Waals surface area contributed by atoms with Gasteiger partial charge >= 0.3 is 0 Å². The predicted molar refractivity (Wildman–Crippen MR) is 131 cm³/mol. The number of amides is 2. The van der Waals surface area contributed by atoms with E-state index >= 15 is 0 Å². The van der Waals surface area contributed by atoms with E-state index in [4.69, 9.17) is 16.3 Å².